The highest BCUT2D eigenvalue weighted by Crippen LogP contribution is 2.14. The lowest BCUT2D eigenvalue weighted by Gasteiger charge is -2.08. The molecule has 0 fully saturated rings. The average Bonchev–Trinajstić information content (AvgIpc) is 2.30. The lowest BCUT2D eigenvalue weighted by Crippen LogP contribution is -2.14. The molecule has 0 aliphatic rings. The highest BCUT2D eigenvalue weighted by atomic mass is 19.2. The summed E-state index contributed by atoms with van der Waals surface area (Å²) in [4.78, 5) is 11.4. The van der Waals surface area contributed by atoms with Crippen LogP contribution in [0.2, 0.25) is 0 Å². The van der Waals surface area contributed by atoms with Crippen LogP contribution < -0.4 is 0 Å². The summed E-state index contributed by atoms with van der Waals surface area (Å²) in [6.45, 7) is 3.76. The van der Waals surface area contributed by atoms with E-state index in [0.29, 0.717) is 12.1 Å². The fraction of sp³-hybridized carbons (Fsp3) is 0.417. The Morgan fingerprint density at radius 2 is 1.72 bits per heavy atom. The zero-order valence-corrected chi connectivity index (χ0v) is 10.0. The molecule has 0 heterocycles. The SMILES string of the molecule is CC(C)OCCOC(=O)c1cc(F)c(F)c(F)c1. The zero-order chi connectivity index (χ0) is 13.7. The third kappa shape index (κ3) is 4.03. The van der Waals surface area contributed by atoms with Gasteiger partial charge in [0.2, 0.25) is 0 Å². The minimum atomic E-state index is -1.62. The van der Waals surface area contributed by atoms with E-state index in [0.717, 1.165) is 0 Å². The summed E-state index contributed by atoms with van der Waals surface area (Å²) in [5.74, 6) is -5.41. The fourth-order valence-corrected chi connectivity index (χ4v) is 1.17. The van der Waals surface area contributed by atoms with Crippen molar-refractivity contribution in [2.45, 2.75) is 20.0 Å². The predicted octanol–water partition coefficient (Wildman–Crippen LogP) is 2.69. The standard InChI is InChI=1S/C12H13F3O3/c1-7(2)17-3-4-18-12(16)8-5-9(13)11(15)10(14)6-8/h5-7H,3-4H2,1-2H3. The molecule has 6 heteroatoms. The van der Waals surface area contributed by atoms with Crippen molar-refractivity contribution in [3.63, 3.8) is 0 Å². The molecule has 100 valence electrons. The van der Waals surface area contributed by atoms with Crippen LogP contribution in [0.1, 0.15) is 24.2 Å². The summed E-state index contributed by atoms with van der Waals surface area (Å²) in [6, 6.07) is 1.17. The van der Waals surface area contributed by atoms with E-state index < -0.39 is 23.4 Å². The van der Waals surface area contributed by atoms with Crippen LogP contribution in [0, 0.1) is 17.5 Å². The molecule has 0 atom stereocenters. The second-order valence-electron chi connectivity index (χ2n) is 3.81. The third-order valence-corrected chi connectivity index (χ3v) is 1.99. The molecule has 1 aromatic rings. The molecular weight excluding hydrogens is 249 g/mol. The van der Waals surface area contributed by atoms with Gasteiger partial charge in [-0.2, -0.15) is 0 Å². The highest BCUT2D eigenvalue weighted by Gasteiger charge is 2.15. The van der Waals surface area contributed by atoms with Crippen molar-refractivity contribution < 1.29 is 27.4 Å². The molecule has 0 aromatic heterocycles. The Labute approximate surface area is 103 Å². The molecule has 0 aliphatic carbocycles. The molecule has 0 unspecified atom stereocenters. The van der Waals surface area contributed by atoms with Crippen molar-refractivity contribution in [3.8, 4) is 0 Å². The summed E-state index contributed by atoms with van der Waals surface area (Å²) in [5, 5.41) is 0. The van der Waals surface area contributed by atoms with E-state index in [2.05, 4.69) is 0 Å². The number of halogens is 3. The zero-order valence-electron chi connectivity index (χ0n) is 10.0. The molecule has 0 aliphatic heterocycles. The normalized spacial score (nSPS) is 10.8. The fourth-order valence-electron chi connectivity index (χ4n) is 1.17. The summed E-state index contributed by atoms with van der Waals surface area (Å²) in [7, 11) is 0. The van der Waals surface area contributed by atoms with Gasteiger partial charge in [0.15, 0.2) is 17.5 Å². The minimum Gasteiger partial charge on any atom is -0.460 e. The van der Waals surface area contributed by atoms with Crippen LogP contribution >= 0.6 is 0 Å². The van der Waals surface area contributed by atoms with Gasteiger partial charge in [-0.15, -0.1) is 0 Å². The monoisotopic (exact) mass is 262 g/mol. The topological polar surface area (TPSA) is 35.5 Å². The molecule has 0 bridgehead atoms. The highest BCUT2D eigenvalue weighted by molar-refractivity contribution is 5.89. The van der Waals surface area contributed by atoms with Crippen molar-refractivity contribution in [2.75, 3.05) is 13.2 Å². The van der Waals surface area contributed by atoms with E-state index in [1.54, 1.807) is 0 Å². The van der Waals surface area contributed by atoms with Crippen molar-refractivity contribution in [1.29, 1.82) is 0 Å². The van der Waals surface area contributed by atoms with Gasteiger partial charge in [0.25, 0.3) is 0 Å². The van der Waals surface area contributed by atoms with Gasteiger partial charge in [-0.3, -0.25) is 0 Å². The smallest absolute Gasteiger partial charge is 0.338 e. The second kappa shape index (κ2) is 6.39. The van der Waals surface area contributed by atoms with E-state index in [4.69, 9.17) is 9.47 Å². The van der Waals surface area contributed by atoms with E-state index in [1.807, 2.05) is 13.8 Å². The Morgan fingerprint density at radius 1 is 1.17 bits per heavy atom. The molecule has 0 amide bonds. The summed E-state index contributed by atoms with van der Waals surface area (Å²) >= 11 is 0. The first-order chi connectivity index (χ1) is 8.41. The summed E-state index contributed by atoms with van der Waals surface area (Å²) < 4.78 is 48.2. The first-order valence-electron chi connectivity index (χ1n) is 5.35. The molecule has 0 saturated heterocycles. The van der Waals surface area contributed by atoms with E-state index in [1.165, 1.54) is 0 Å². The summed E-state index contributed by atoms with van der Waals surface area (Å²) in [6.07, 6.45) is -0.00980. The molecule has 3 nitrogen and oxygen atoms in total. The molecule has 0 N–H and O–H groups in total. The Balaban J connectivity index is 2.57. The van der Waals surface area contributed by atoms with Gasteiger partial charge < -0.3 is 9.47 Å². The molecule has 1 aromatic carbocycles. The maximum absolute atomic E-state index is 12.8. The van der Waals surface area contributed by atoms with Crippen molar-refractivity contribution in [3.05, 3.63) is 35.1 Å². The van der Waals surface area contributed by atoms with Crippen molar-refractivity contribution >= 4 is 5.97 Å². The van der Waals surface area contributed by atoms with Gasteiger partial charge in [0.1, 0.15) is 6.61 Å². The van der Waals surface area contributed by atoms with Crippen LogP contribution in [0.5, 0.6) is 0 Å². The molecule has 18 heavy (non-hydrogen) atoms. The van der Waals surface area contributed by atoms with Crippen LogP contribution in [0.15, 0.2) is 12.1 Å². The van der Waals surface area contributed by atoms with Gasteiger partial charge in [-0.25, -0.2) is 18.0 Å². The molecule has 0 spiro atoms. The largest absolute Gasteiger partial charge is 0.460 e. The number of ether oxygens (including phenoxy) is 2. The van der Waals surface area contributed by atoms with Gasteiger partial charge in [-0.1, -0.05) is 0 Å². The quantitative estimate of drug-likeness (QED) is 0.465. The molecule has 0 saturated carbocycles. The maximum atomic E-state index is 12.8. The number of hydrogen-bond donors (Lipinski definition) is 0. The number of carbonyl (C=O) groups is 1. The Kier molecular flexibility index (Phi) is 5.15. The number of rotatable bonds is 5. The van der Waals surface area contributed by atoms with Gasteiger partial charge in [0, 0.05) is 0 Å². The first-order valence-corrected chi connectivity index (χ1v) is 5.35. The number of esters is 1. The van der Waals surface area contributed by atoms with Crippen molar-refractivity contribution in [1.82, 2.24) is 0 Å². The lowest BCUT2D eigenvalue weighted by molar-refractivity contribution is 0.0176. The molecule has 0 radical (unpaired) electrons. The summed E-state index contributed by atoms with van der Waals surface area (Å²) in [5.41, 5.74) is -0.379. The Morgan fingerprint density at radius 3 is 2.22 bits per heavy atom. The van der Waals surface area contributed by atoms with Crippen LogP contribution in [-0.2, 0) is 9.47 Å². The van der Waals surface area contributed by atoms with Crippen LogP contribution in [-0.4, -0.2) is 25.3 Å². The Hall–Kier alpha value is -1.56. The van der Waals surface area contributed by atoms with Crippen LogP contribution in [0.25, 0.3) is 0 Å². The minimum absolute atomic E-state index is 0.00980. The number of carbonyl (C=O) groups excluding carboxylic acids is 1. The van der Waals surface area contributed by atoms with Gasteiger partial charge in [0.05, 0.1) is 18.3 Å². The Bertz CT molecular complexity index is 410. The maximum Gasteiger partial charge on any atom is 0.338 e. The lowest BCUT2D eigenvalue weighted by atomic mass is 10.2. The van der Waals surface area contributed by atoms with Crippen LogP contribution in [0.3, 0.4) is 0 Å². The van der Waals surface area contributed by atoms with E-state index in [9.17, 15) is 18.0 Å². The van der Waals surface area contributed by atoms with Crippen molar-refractivity contribution in [2.24, 2.45) is 0 Å². The first kappa shape index (κ1) is 14.5. The number of benzene rings is 1. The van der Waals surface area contributed by atoms with E-state index >= 15 is 0 Å². The van der Waals surface area contributed by atoms with Gasteiger partial charge >= 0.3 is 5.97 Å². The van der Waals surface area contributed by atoms with E-state index in [-0.39, 0.29) is 24.9 Å². The molecular formula is C12H13F3O3. The average molecular weight is 262 g/mol. The third-order valence-electron chi connectivity index (χ3n) is 1.99. The second-order valence-corrected chi connectivity index (χ2v) is 3.81. The number of hydrogen-bond acceptors (Lipinski definition) is 3. The van der Waals surface area contributed by atoms with Crippen LogP contribution in [0.4, 0.5) is 13.2 Å². The predicted molar refractivity (Wildman–Crippen MR) is 57.7 cm³/mol. The molecule has 1 rings (SSSR count). The van der Waals surface area contributed by atoms with Gasteiger partial charge in [-0.05, 0) is 26.0 Å².